The molecule has 1 rings (SSSR count). The maximum absolute atomic E-state index is 11.9. The first-order chi connectivity index (χ1) is 8.41. The van der Waals surface area contributed by atoms with Gasteiger partial charge in [0.2, 0.25) is 0 Å². The smallest absolute Gasteiger partial charge is 0.282 e. The minimum Gasteiger partial charge on any atom is -0.393 e. The standard InChI is InChI=1S/C12H16N2O4/c1-8(7-9(2)15)13-12(16)10-5-3-4-6-11(10)14(17)18/h3-6,8-9,15H,7H2,1-2H3,(H,13,16). The van der Waals surface area contributed by atoms with Crippen LogP contribution in [-0.2, 0) is 0 Å². The molecule has 18 heavy (non-hydrogen) atoms. The number of nitrogens with one attached hydrogen (secondary N) is 1. The van der Waals surface area contributed by atoms with Crippen molar-refractivity contribution in [3.63, 3.8) is 0 Å². The lowest BCUT2D eigenvalue weighted by Crippen LogP contribution is -2.34. The third-order valence-electron chi connectivity index (χ3n) is 2.42. The van der Waals surface area contributed by atoms with Gasteiger partial charge < -0.3 is 10.4 Å². The van der Waals surface area contributed by atoms with Crippen LogP contribution in [-0.4, -0.2) is 28.1 Å². The van der Waals surface area contributed by atoms with Crippen molar-refractivity contribution in [3.05, 3.63) is 39.9 Å². The van der Waals surface area contributed by atoms with Gasteiger partial charge >= 0.3 is 0 Å². The molecule has 2 unspecified atom stereocenters. The normalized spacial score (nSPS) is 13.7. The summed E-state index contributed by atoms with van der Waals surface area (Å²) in [5.74, 6) is -0.504. The summed E-state index contributed by atoms with van der Waals surface area (Å²) in [6, 6.07) is 5.52. The quantitative estimate of drug-likeness (QED) is 0.613. The molecule has 1 amide bonds. The Balaban J connectivity index is 2.81. The molecule has 0 bridgehead atoms. The molecule has 6 nitrogen and oxygen atoms in total. The molecule has 0 fully saturated rings. The Hall–Kier alpha value is -1.95. The molecule has 2 N–H and O–H groups in total. The second-order valence-electron chi connectivity index (χ2n) is 4.23. The molecule has 0 aromatic heterocycles. The Morgan fingerprint density at radius 3 is 2.61 bits per heavy atom. The topological polar surface area (TPSA) is 92.5 Å². The van der Waals surface area contributed by atoms with Gasteiger partial charge in [-0.05, 0) is 26.3 Å². The highest BCUT2D eigenvalue weighted by Gasteiger charge is 2.20. The number of aliphatic hydroxyl groups is 1. The highest BCUT2D eigenvalue weighted by molar-refractivity contribution is 5.98. The first-order valence-electron chi connectivity index (χ1n) is 5.64. The number of rotatable bonds is 5. The van der Waals surface area contributed by atoms with Gasteiger partial charge in [0.15, 0.2) is 0 Å². The average Bonchev–Trinajstić information content (AvgIpc) is 2.27. The molecule has 0 spiro atoms. The first-order valence-corrected chi connectivity index (χ1v) is 5.64. The van der Waals surface area contributed by atoms with Crippen LogP contribution in [0, 0.1) is 10.1 Å². The molecule has 1 aromatic rings. The van der Waals surface area contributed by atoms with E-state index >= 15 is 0 Å². The second-order valence-corrected chi connectivity index (χ2v) is 4.23. The second kappa shape index (κ2) is 6.11. The summed E-state index contributed by atoms with van der Waals surface area (Å²) < 4.78 is 0. The Labute approximate surface area is 105 Å². The lowest BCUT2D eigenvalue weighted by molar-refractivity contribution is -0.385. The van der Waals surface area contributed by atoms with Crippen LogP contribution in [0.4, 0.5) is 5.69 Å². The van der Waals surface area contributed by atoms with Crippen molar-refractivity contribution in [1.29, 1.82) is 0 Å². The van der Waals surface area contributed by atoms with Crippen LogP contribution >= 0.6 is 0 Å². The van der Waals surface area contributed by atoms with E-state index in [4.69, 9.17) is 0 Å². The zero-order chi connectivity index (χ0) is 13.7. The number of nitro groups is 1. The van der Waals surface area contributed by atoms with E-state index in [1.807, 2.05) is 0 Å². The Bertz CT molecular complexity index is 445. The van der Waals surface area contributed by atoms with E-state index in [-0.39, 0.29) is 17.3 Å². The molecule has 0 aliphatic heterocycles. The molecule has 0 aliphatic carbocycles. The van der Waals surface area contributed by atoms with Gasteiger partial charge in [-0.15, -0.1) is 0 Å². The number of nitro benzene ring substituents is 1. The minimum absolute atomic E-state index is 0.0277. The van der Waals surface area contributed by atoms with Crippen molar-refractivity contribution in [2.75, 3.05) is 0 Å². The molecule has 0 heterocycles. The van der Waals surface area contributed by atoms with Crippen molar-refractivity contribution >= 4 is 11.6 Å². The van der Waals surface area contributed by atoms with Crippen molar-refractivity contribution < 1.29 is 14.8 Å². The largest absolute Gasteiger partial charge is 0.393 e. The van der Waals surface area contributed by atoms with E-state index in [2.05, 4.69) is 5.32 Å². The fraction of sp³-hybridized carbons (Fsp3) is 0.417. The van der Waals surface area contributed by atoms with Crippen molar-refractivity contribution in [2.45, 2.75) is 32.4 Å². The van der Waals surface area contributed by atoms with Gasteiger partial charge in [-0.1, -0.05) is 12.1 Å². The summed E-state index contributed by atoms with van der Waals surface area (Å²) in [5, 5.41) is 22.6. The number of aliphatic hydroxyl groups excluding tert-OH is 1. The van der Waals surface area contributed by atoms with E-state index in [1.165, 1.54) is 18.2 Å². The van der Waals surface area contributed by atoms with Gasteiger partial charge in [-0.2, -0.15) is 0 Å². The van der Waals surface area contributed by atoms with Gasteiger partial charge in [0, 0.05) is 12.1 Å². The maximum atomic E-state index is 11.9. The predicted molar refractivity (Wildman–Crippen MR) is 66.3 cm³/mol. The molecule has 98 valence electrons. The zero-order valence-corrected chi connectivity index (χ0v) is 10.3. The minimum atomic E-state index is -0.589. The first kappa shape index (κ1) is 14.1. The third-order valence-corrected chi connectivity index (χ3v) is 2.42. The number of benzene rings is 1. The Kier molecular flexibility index (Phi) is 4.79. The number of carbonyl (C=O) groups is 1. The molecule has 6 heteroatoms. The van der Waals surface area contributed by atoms with Crippen LogP contribution in [0.25, 0.3) is 0 Å². The highest BCUT2D eigenvalue weighted by Crippen LogP contribution is 2.17. The number of nitrogens with zero attached hydrogens (tertiary/aromatic N) is 1. The van der Waals surface area contributed by atoms with E-state index in [0.717, 1.165) is 0 Å². The van der Waals surface area contributed by atoms with Gasteiger partial charge in [0.05, 0.1) is 11.0 Å². The molecule has 2 atom stereocenters. The van der Waals surface area contributed by atoms with Crippen molar-refractivity contribution in [1.82, 2.24) is 5.32 Å². The molecule has 1 aromatic carbocycles. The lowest BCUT2D eigenvalue weighted by Gasteiger charge is -2.15. The average molecular weight is 252 g/mol. The van der Waals surface area contributed by atoms with Gasteiger partial charge in [-0.25, -0.2) is 0 Å². The number of amides is 1. The van der Waals surface area contributed by atoms with Crippen LogP contribution in [0.2, 0.25) is 0 Å². The van der Waals surface area contributed by atoms with Gasteiger partial charge in [0.1, 0.15) is 5.56 Å². The number of hydrogen-bond acceptors (Lipinski definition) is 4. The summed E-state index contributed by atoms with van der Waals surface area (Å²) in [6.07, 6.45) is -0.141. The monoisotopic (exact) mass is 252 g/mol. The summed E-state index contributed by atoms with van der Waals surface area (Å²) in [7, 11) is 0. The van der Waals surface area contributed by atoms with Crippen LogP contribution in [0.15, 0.2) is 24.3 Å². The summed E-state index contributed by atoms with van der Waals surface area (Å²) in [5.41, 5.74) is -0.195. The number of carbonyl (C=O) groups excluding carboxylic acids is 1. The van der Waals surface area contributed by atoms with Crippen LogP contribution in [0.3, 0.4) is 0 Å². The van der Waals surface area contributed by atoms with Crippen LogP contribution < -0.4 is 5.32 Å². The van der Waals surface area contributed by atoms with Crippen molar-refractivity contribution in [3.8, 4) is 0 Å². The SMILES string of the molecule is CC(O)CC(C)NC(=O)c1ccccc1[N+](=O)[O-]. The van der Waals surface area contributed by atoms with Gasteiger partial charge in [0.25, 0.3) is 11.6 Å². The molecule has 0 radical (unpaired) electrons. The highest BCUT2D eigenvalue weighted by atomic mass is 16.6. The molecule has 0 saturated carbocycles. The lowest BCUT2D eigenvalue weighted by atomic mass is 10.1. The number of para-hydroxylation sites is 1. The summed E-state index contributed by atoms with van der Waals surface area (Å²) in [6.45, 7) is 3.35. The fourth-order valence-corrected chi connectivity index (χ4v) is 1.70. The van der Waals surface area contributed by atoms with Gasteiger partial charge in [-0.3, -0.25) is 14.9 Å². The van der Waals surface area contributed by atoms with E-state index in [0.29, 0.717) is 6.42 Å². The molecular weight excluding hydrogens is 236 g/mol. The molecule has 0 aliphatic rings. The Morgan fingerprint density at radius 2 is 2.06 bits per heavy atom. The summed E-state index contributed by atoms with van der Waals surface area (Å²) in [4.78, 5) is 22.1. The number of hydrogen-bond donors (Lipinski definition) is 2. The van der Waals surface area contributed by atoms with E-state index in [1.54, 1.807) is 19.9 Å². The molecule has 0 saturated heterocycles. The van der Waals surface area contributed by atoms with Crippen LogP contribution in [0.5, 0.6) is 0 Å². The van der Waals surface area contributed by atoms with E-state index in [9.17, 15) is 20.0 Å². The van der Waals surface area contributed by atoms with Crippen molar-refractivity contribution in [2.24, 2.45) is 0 Å². The summed E-state index contributed by atoms with van der Waals surface area (Å²) >= 11 is 0. The Morgan fingerprint density at radius 1 is 1.44 bits per heavy atom. The van der Waals surface area contributed by atoms with E-state index < -0.39 is 16.9 Å². The zero-order valence-electron chi connectivity index (χ0n) is 10.3. The fourth-order valence-electron chi connectivity index (χ4n) is 1.70. The molecular formula is C12H16N2O4. The maximum Gasteiger partial charge on any atom is 0.282 e. The third kappa shape index (κ3) is 3.81. The predicted octanol–water partition coefficient (Wildman–Crippen LogP) is 1.48. The van der Waals surface area contributed by atoms with Crippen LogP contribution in [0.1, 0.15) is 30.6 Å².